The zero-order chi connectivity index (χ0) is 40.5. The molecule has 0 aliphatic carbocycles. The largest absolute Gasteiger partial charge is 0.480 e. The molecule has 0 aromatic heterocycles. The van der Waals surface area contributed by atoms with E-state index < -0.39 is 45.1 Å². The summed E-state index contributed by atoms with van der Waals surface area (Å²) in [4.78, 5) is 33.4. The van der Waals surface area contributed by atoms with Crippen LogP contribution in [-0.2, 0) is 32.7 Å². The number of phosphoric ester groups is 1. The van der Waals surface area contributed by atoms with E-state index in [2.05, 4.69) is 91.3 Å². The van der Waals surface area contributed by atoms with Crippen molar-refractivity contribution in [2.24, 2.45) is 5.73 Å². The average Bonchev–Trinajstić information content (AvgIpc) is 3.16. The highest BCUT2D eigenvalue weighted by Crippen LogP contribution is 2.43. The number of ether oxygens (including phenoxy) is 2. The molecule has 0 saturated carbocycles. The molecule has 0 spiro atoms. The Bertz CT molecular complexity index is 1190. The normalized spacial score (nSPS) is 14.8. The van der Waals surface area contributed by atoms with Crippen LogP contribution in [0.2, 0.25) is 0 Å². The number of hydrogen-bond donors (Lipinski definition) is 3. The quantitative estimate of drug-likeness (QED) is 0.0238. The summed E-state index contributed by atoms with van der Waals surface area (Å²) in [5.74, 6) is -1.88. The fourth-order valence-electron chi connectivity index (χ4n) is 4.98. The molecule has 0 fully saturated rings. The van der Waals surface area contributed by atoms with Gasteiger partial charge in [0.05, 0.1) is 19.8 Å². The first-order chi connectivity index (χ1) is 26.7. The van der Waals surface area contributed by atoms with Crippen LogP contribution in [-0.4, -0.2) is 60.5 Å². The summed E-state index contributed by atoms with van der Waals surface area (Å²) in [6.07, 6.45) is 49.3. The Balaban J connectivity index is 4.44. The molecular weight excluding hydrogens is 717 g/mol. The molecule has 10 nitrogen and oxygen atoms in total. The third kappa shape index (κ3) is 39.2. The number of unbranched alkanes of at least 4 members (excludes halogenated alkanes) is 10. The molecule has 0 aliphatic rings. The number of rotatable bonds is 38. The van der Waals surface area contributed by atoms with Crippen LogP contribution in [0.3, 0.4) is 0 Å². The minimum Gasteiger partial charge on any atom is -0.480 e. The molecule has 314 valence electrons. The summed E-state index contributed by atoms with van der Waals surface area (Å²) in [5.41, 5.74) is 5.34. The predicted octanol–water partition coefficient (Wildman–Crippen LogP) is 11.2. The Morgan fingerprint density at radius 3 is 1.58 bits per heavy atom. The summed E-state index contributed by atoms with van der Waals surface area (Å²) in [6, 6.07) is -1.49. The van der Waals surface area contributed by atoms with Crippen molar-refractivity contribution in [1.29, 1.82) is 0 Å². The molecule has 0 aliphatic heterocycles. The zero-order valence-electron chi connectivity index (χ0n) is 34.0. The van der Waals surface area contributed by atoms with Gasteiger partial charge in [-0.3, -0.25) is 18.6 Å². The molecule has 0 bridgehead atoms. The number of esters is 1. The van der Waals surface area contributed by atoms with Crippen molar-refractivity contribution < 1.29 is 42.7 Å². The Kier molecular flexibility index (Phi) is 37.3. The van der Waals surface area contributed by atoms with E-state index in [0.29, 0.717) is 13.0 Å². The van der Waals surface area contributed by atoms with E-state index in [4.69, 9.17) is 24.8 Å². The number of carbonyl (C=O) groups excluding carboxylic acids is 1. The van der Waals surface area contributed by atoms with Gasteiger partial charge in [0.2, 0.25) is 0 Å². The van der Waals surface area contributed by atoms with Crippen molar-refractivity contribution in [3.05, 3.63) is 85.1 Å². The van der Waals surface area contributed by atoms with Crippen LogP contribution in [0.15, 0.2) is 85.1 Å². The lowest BCUT2D eigenvalue weighted by atomic mass is 10.1. The molecule has 4 N–H and O–H groups in total. The van der Waals surface area contributed by atoms with Gasteiger partial charge in [-0.2, -0.15) is 0 Å². The number of aliphatic carboxylic acids is 1. The van der Waals surface area contributed by atoms with Crippen molar-refractivity contribution in [2.45, 2.75) is 154 Å². The monoisotopic (exact) mass is 792 g/mol. The highest BCUT2D eigenvalue weighted by Gasteiger charge is 2.27. The second kappa shape index (κ2) is 39.4. The lowest BCUT2D eigenvalue weighted by Gasteiger charge is -2.20. The molecule has 0 heterocycles. The summed E-state index contributed by atoms with van der Waals surface area (Å²) in [5, 5.41) is 8.88. The summed E-state index contributed by atoms with van der Waals surface area (Å²) < 4.78 is 33.2. The van der Waals surface area contributed by atoms with Crippen LogP contribution >= 0.6 is 7.82 Å². The Labute approximate surface area is 333 Å². The van der Waals surface area contributed by atoms with Gasteiger partial charge in [0, 0.05) is 13.0 Å². The van der Waals surface area contributed by atoms with Crippen molar-refractivity contribution in [3.8, 4) is 0 Å². The SMILES string of the molecule is CC/C=C\C/C=C\C/C=C\C/C=C\C/C=C\C/C=C\CCC(=O)OC(COCCCCCCCC/C=C\CCCCCC)COP(=O)(O)OCC(N)C(=O)O. The third-order valence-electron chi connectivity index (χ3n) is 8.17. The molecule has 0 amide bonds. The molecule has 0 aromatic rings. The Morgan fingerprint density at radius 1 is 0.600 bits per heavy atom. The number of carbonyl (C=O) groups is 2. The maximum Gasteiger partial charge on any atom is 0.472 e. The van der Waals surface area contributed by atoms with Crippen LogP contribution in [0, 0.1) is 0 Å². The smallest absolute Gasteiger partial charge is 0.472 e. The van der Waals surface area contributed by atoms with E-state index >= 15 is 0 Å². The van der Waals surface area contributed by atoms with Crippen LogP contribution in [0.25, 0.3) is 0 Å². The van der Waals surface area contributed by atoms with Crippen LogP contribution in [0.1, 0.15) is 142 Å². The first-order valence-electron chi connectivity index (χ1n) is 20.6. The second-order valence-corrected chi connectivity index (χ2v) is 14.8. The fourth-order valence-corrected chi connectivity index (χ4v) is 5.75. The van der Waals surface area contributed by atoms with Crippen LogP contribution in [0.5, 0.6) is 0 Å². The van der Waals surface area contributed by atoms with Gasteiger partial charge in [-0.25, -0.2) is 4.57 Å². The first kappa shape index (κ1) is 52.2. The number of carboxylic acids is 1. The predicted molar refractivity (Wildman–Crippen MR) is 226 cm³/mol. The zero-order valence-corrected chi connectivity index (χ0v) is 34.9. The van der Waals surface area contributed by atoms with Gasteiger partial charge in [0.15, 0.2) is 0 Å². The van der Waals surface area contributed by atoms with Crippen molar-refractivity contribution in [1.82, 2.24) is 0 Å². The summed E-state index contributed by atoms with van der Waals surface area (Å²) in [6.45, 7) is 3.62. The average molecular weight is 792 g/mol. The van der Waals surface area contributed by atoms with E-state index in [1.54, 1.807) is 0 Å². The van der Waals surface area contributed by atoms with E-state index in [1.807, 2.05) is 12.2 Å². The summed E-state index contributed by atoms with van der Waals surface area (Å²) >= 11 is 0. The van der Waals surface area contributed by atoms with E-state index in [0.717, 1.165) is 64.2 Å². The van der Waals surface area contributed by atoms with Gasteiger partial charge >= 0.3 is 19.8 Å². The molecular formula is C44H74NO9P. The second-order valence-electron chi connectivity index (χ2n) is 13.4. The van der Waals surface area contributed by atoms with Gasteiger partial charge in [-0.05, 0) is 77.0 Å². The van der Waals surface area contributed by atoms with E-state index in [9.17, 15) is 19.0 Å². The molecule has 0 radical (unpaired) electrons. The minimum absolute atomic E-state index is 0.0227. The molecule has 0 rings (SSSR count). The number of nitrogens with two attached hydrogens (primary N) is 1. The molecule has 55 heavy (non-hydrogen) atoms. The maximum atomic E-state index is 12.6. The molecule has 11 heteroatoms. The van der Waals surface area contributed by atoms with E-state index in [1.165, 1.54) is 51.4 Å². The van der Waals surface area contributed by atoms with Crippen molar-refractivity contribution in [3.63, 3.8) is 0 Å². The third-order valence-corrected chi connectivity index (χ3v) is 9.12. The Morgan fingerprint density at radius 2 is 1.05 bits per heavy atom. The Hall–Kier alpha value is -2.85. The van der Waals surface area contributed by atoms with Gasteiger partial charge in [0.25, 0.3) is 0 Å². The van der Waals surface area contributed by atoms with Gasteiger partial charge in [-0.1, -0.05) is 144 Å². The number of phosphoric acid groups is 1. The minimum atomic E-state index is -4.64. The van der Waals surface area contributed by atoms with Gasteiger partial charge in [0.1, 0.15) is 12.1 Å². The molecule has 0 saturated heterocycles. The molecule has 3 unspecified atom stereocenters. The van der Waals surface area contributed by atoms with Crippen LogP contribution in [0.4, 0.5) is 0 Å². The lowest BCUT2D eigenvalue weighted by Crippen LogP contribution is -2.34. The fraction of sp³-hybridized carbons (Fsp3) is 0.636. The van der Waals surface area contributed by atoms with Crippen molar-refractivity contribution >= 4 is 19.8 Å². The molecule has 3 atom stereocenters. The summed E-state index contributed by atoms with van der Waals surface area (Å²) in [7, 11) is -4.64. The van der Waals surface area contributed by atoms with Crippen molar-refractivity contribution in [2.75, 3.05) is 26.4 Å². The first-order valence-corrected chi connectivity index (χ1v) is 22.1. The van der Waals surface area contributed by atoms with E-state index in [-0.39, 0.29) is 13.0 Å². The lowest BCUT2D eigenvalue weighted by molar-refractivity contribution is -0.154. The highest BCUT2D eigenvalue weighted by molar-refractivity contribution is 7.47. The topological polar surface area (TPSA) is 155 Å². The maximum absolute atomic E-state index is 12.6. The number of carboxylic acid groups (broad SMARTS) is 1. The number of allylic oxidation sites excluding steroid dienone is 14. The van der Waals surface area contributed by atoms with Gasteiger partial charge < -0.3 is 25.2 Å². The van der Waals surface area contributed by atoms with Crippen LogP contribution < -0.4 is 5.73 Å². The highest BCUT2D eigenvalue weighted by atomic mass is 31.2. The molecule has 0 aromatic carbocycles. The van der Waals surface area contributed by atoms with Gasteiger partial charge in [-0.15, -0.1) is 0 Å². The number of hydrogen-bond acceptors (Lipinski definition) is 8. The standard InChI is InChI=1S/C44H74NO9P/c1-3-5-7-9-11-13-15-17-19-20-21-22-23-24-26-28-30-32-34-36-43(46)54-41(39-52-55(49,50)53-40-42(45)44(47)48)38-51-37-35-33-31-29-27-25-18-16-14-12-10-8-6-4-2/h5,7,11,13-14,16-17,19,21-22,24,26,30,32,41-42H,3-4,6,8-10,12,15,18,20,23,25,27-29,31,33-40,45H2,1-2H3,(H,47,48)(H,49,50)/b7-5-,13-11-,16-14-,19-17-,22-21-,26-24-,32-30-.